The first kappa shape index (κ1) is 22.5. The summed E-state index contributed by atoms with van der Waals surface area (Å²) in [5.74, 6) is 1.32. The third-order valence-electron chi connectivity index (χ3n) is 5.41. The van der Waals surface area contributed by atoms with Gasteiger partial charge in [0.25, 0.3) is 5.89 Å². The first-order valence-corrected chi connectivity index (χ1v) is 11.0. The minimum atomic E-state index is -0.620. The molecule has 0 saturated carbocycles. The molecule has 2 aromatic carbocycles. The van der Waals surface area contributed by atoms with Crippen molar-refractivity contribution in [3.63, 3.8) is 0 Å². The number of hydrogen-bond acceptors (Lipinski definition) is 5. The molecule has 0 saturated heterocycles. The molecule has 8 heteroatoms. The molecule has 2 amide bonds. The van der Waals surface area contributed by atoms with Gasteiger partial charge in [0.2, 0.25) is 5.82 Å². The number of nitrogens with zero attached hydrogens (tertiary/aromatic N) is 3. The van der Waals surface area contributed by atoms with Gasteiger partial charge in [-0.2, -0.15) is 4.98 Å². The summed E-state index contributed by atoms with van der Waals surface area (Å²) >= 11 is 0. The van der Waals surface area contributed by atoms with Gasteiger partial charge in [-0.1, -0.05) is 31.1 Å². The molecule has 1 aliphatic rings. The van der Waals surface area contributed by atoms with Gasteiger partial charge in [-0.3, -0.25) is 4.90 Å². The van der Waals surface area contributed by atoms with Crippen molar-refractivity contribution in [2.45, 2.75) is 33.7 Å². The number of allylic oxidation sites excluding steroid dienone is 1. The maximum absolute atomic E-state index is 14.0. The molecule has 0 fully saturated rings. The molecule has 172 valence electrons. The fourth-order valence-electron chi connectivity index (χ4n) is 3.90. The summed E-state index contributed by atoms with van der Waals surface area (Å²) in [5, 5.41) is 7.14. The van der Waals surface area contributed by atoms with Crippen molar-refractivity contribution in [1.82, 2.24) is 20.4 Å². The Balaban J connectivity index is 1.76. The number of hydrogen-bond donors (Lipinski definition) is 1. The highest BCUT2D eigenvalue weighted by molar-refractivity contribution is 5.86. The fraction of sp³-hybridized carbons (Fsp3) is 0.320. The van der Waals surface area contributed by atoms with Crippen LogP contribution in [0.2, 0.25) is 0 Å². The normalized spacial score (nSPS) is 16.4. The highest BCUT2D eigenvalue weighted by atomic mass is 19.1. The maximum Gasteiger partial charge on any atom is 0.322 e. The second-order valence-corrected chi connectivity index (χ2v) is 8.32. The minimum absolute atomic E-state index is 0.245. The molecular formula is C25H27FN4O3. The summed E-state index contributed by atoms with van der Waals surface area (Å²) in [6, 6.07) is 12.7. The van der Waals surface area contributed by atoms with Crippen LogP contribution in [-0.2, 0) is 0 Å². The number of nitrogens with one attached hydrogen (secondary N) is 1. The zero-order valence-corrected chi connectivity index (χ0v) is 19.1. The predicted molar refractivity (Wildman–Crippen MR) is 123 cm³/mol. The van der Waals surface area contributed by atoms with Crippen LogP contribution in [0.5, 0.6) is 5.75 Å². The van der Waals surface area contributed by atoms with E-state index in [2.05, 4.69) is 15.5 Å². The molecule has 1 N–H and O–H groups in total. The average molecular weight is 451 g/mol. The fourth-order valence-corrected chi connectivity index (χ4v) is 3.90. The van der Waals surface area contributed by atoms with E-state index in [0.29, 0.717) is 35.8 Å². The number of benzene rings is 2. The van der Waals surface area contributed by atoms with Crippen molar-refractivity contribution in [1.29, 1.82) is 0 Å². The molecule has 7 nitrogen and oxygen atoms in total. The molecule has 1 unspecified atom stereocenters. The highest BCUT2D eigenvalue weighted by Gasteiger charge is 2.36. The molecule has 0 spiro atoms. The van der Waals surface area contributed by atoms with Gasteiger partial charge in [0, 0.05) is 17.8 Å². The second kappa shape index (κ2) is 9.44. The van der Waals surface area contributed by atoms with Crippen LogP contribution in [0.4, 0.5) is 9.18 Å². The number of halogens is 1. The van der Waals surface area contributed by atoms with Crippen LogP contribution in [0.3, 0.4) is 0 Å². The van der Waals surface area contributed by atoms with E-state index < -0.39 is 6.04 Å². The van der Waals surface area contributed by atoms with Gasteiger partial charge >= 0.3 is 6.03 Å². The Morgan fingerprint density at radius 1 is 1.21 bits per heavy atom. The topological polar surface area (TPSA) is 80.5 Å². The van der Waals surface area contributed by atoms with Gasteiger partial charge in [-0.15, -0.1) is 0 Å². The van der Waals surface area contributed by atoms with Gasteiger partial charge in [-0.05, 0) is 61.7 Å². The highest BCUT2D eigenvalue weighted by Crippen LogP contribution is 2.37. The zero-order valence-electron chi connectivity index (χ0n) is 19.1. The van der Waals surface area contributed by atoms with Crippen LogP contribution in [0.25, 0.3) is 17.0 Å². The van der Waals surface area contributed by atoms with E-state index in [1.54, 1.807) is 17.0 Å². The van der Waals surface area contributed by atoms with Crippen LogP contribution < -0.4 is 10.1 Å². The molecule has 2 heterocycles. The Labute approximate surface area is 192 Å². The molecular weight excluding hydrogens is 423 g/mol. The number of amides is 2. The zero-order chi connectivity index (χ0) is 23.5. The predicted octanol–water partition coefficient (Wildman–Crippen LogP) is 5.43. The molecule has 1 atom stereocenters. The van der Waals surface area contributed by atoms with Gasteiger partial charge in [0.1, 0.15) is 11.6 Å². The minimum Gasteiger partial charge on any atom is -0.494 e. The van der Waals surface area contributed by atoms with Crippen molar-refractivity contribution in [2.75, 3.05) is 13.2 Å². The van der Waals surface area contributed by atoms with Crippen molar-refractivity contribution in [3.05, 3.63) is 71.5 Å². The Hall–Kier alpha value is -3.68. The smallest absolute Gasteiger partial charge is 0.322 e. The monoisotopic (exact) mass is 450 g/mol. The van der Waals surface area contributed by atoms with Gasteiger partial charge < -0.3 is 14.6 Å². The van der Waals surface area contributed by atoms with Crippen LogP contribution in [-0.4, -0.2) is 34.2 Å². The molecule has 4 rings (SSSR count). The van der Waals surface area contributed by atoms with Gasteiger partial charge in [0.05, 0.1) is 18.2 Å². The molecule has 1 aliphatic heterocycles. The maximum atomic E-state index is 14.0. The van der Waals surface area contributed by atoms with E-state index in [1.807, 2.05) is 52.0 Å². The third-order valence-corrected chi connectivity index (χ3v) is 5.41. The summed E-state index contributed by atoms with van der Waals surface area (Å²) in [6.07, 6.45) is 0. The number of aromatic nitrogens is 2. The third kappa shape index (κ3) is 4.74. The summed E-state index contributed by atoms with van der Waals surface area (Å²) in [5.41, 5.74) is 2.71. The SMILES string of the molecule is CCOc1ccc(-c2noc(C3=C(C)N(CC(C)C)C(=O)NC3c3cccc(F)c3)n2)cc1. The first-order valence-electron chi connectivity index (χ1n) is 11.0. The lowest BCUT2D eigenvalue weighted by molar-refractivity contribution is 0.199. The average Bonchev–Trinajstić information content (AvgIpc) is 3.26. The van der Waals surface area contributed by atoms with Crippen LogP contribution in [0.1, 0.15) is 45.2 Å². The molecule has 1 aromatic heterocycles. The van der Waals surface area contributed by atoms with Gasteiger partial charge in [-0.25, -0.2) is 9.18 Å². The quantitative estimate of drug-likeness (QED) is 0.519. The van der Waals surface area contributed by atoms with Crippen LogP contribution >= 0.6 is 0 Å². The van der Waals surface area contributed by atoms with E-state index in [-0.39, 0.29) is 23.7 Å². The number of carbonyl (C=O) groups is 1. The van der Waals surface area contributed by atoms with Crippen molar-refractivity contribution in [2.24, 2.45) is 5.92 Å². The van der Waals surface area contributed by atoms with Crippen LogP contribution in [0.15, 0.2) is 58.8 Å². The van der Waals surface area contributed by atoms with E-state index in [9.17, 15) is 9.18 Å². The summed E-state index contributed by atoms with van der Waals surface area (Å²) < 4.78 is 25.2. The second-order valence-electron chi connectivity index (χ2n) is 8.32. The lowest BCUT2D eigenvalue weighted by atomic mass is 9.94. The lowest BCUT2D eigenvalue weighted by Crippen LogP contribution is -2.47. The lowest BCUT2D eigenvalue weighted by Gasteiger charge is -2.36. The largest absolute Gasteiger partial charge is 0.494 e. The number of carbonyl (C=O) groups excluding carboxylic acids is 1. The van der Waals surface area contributed by atoms with Crippen molar-refractivity contribution < 1.29 is 18.4 Å². The van der Waals surface area contributed by atoms with Crippen LogP contribution in [0, 0.1) is 11.7 Å². The van der Waals surface area contributed by atoms with Gasteiger partial charge in [0.15, 0.2) is 0 Å². The summed E-state index contributed by atoms with van der Waals surface area (Å²) in [7, 11) is 0. The number of ether oxygens (including phenoxy) is 1. The Kier molecular flexibility index (Phi) is 6.44. The summed E-state index contributed by atoms with van der Waals surface area (Å²) in [4.78, 5) is 19.2. The standard InChI is InChI=1S/C25H27FN4O3/c1-5-32-20-11-9-17(10-12-20)23-28-24(33-29-23)21-16(4)30(14-15(2)3)25(31)27-22(21)18-7-6-8-19(26)13-18/h6-13,15,22H,5,14H2,1-4H3,(H,27,31). The summed E-state index contributed by atoms with van der Waals surface area (Å²) in [6.45, 7) is 8.96. The molecule has 33 heavy (non-hydrogen) atoms. The van der Waals surface area contributed by atoms with E-state index in [4.69, 9.17) is 9.26 Å². The number of urea groups is 1. The first-order chi connectivity index (χ1) is 15.9. The number of rotatable bonds is 7. The molecule has 3 aromatic rings. The van der Waals surface area contributed by atoms with E-state index >= 15 is 0 Å². The Morgan fingerprint density at radius 3 is 2.64 bits per heavy atom. The molecule has 0 bridgehead atoms. The van der Waals surface area contributed by atoms with E-state index in [1.165, 1.54) is 12.1 Å². The molecule has 0 aliphatic carbocycles. The molecule has 0 radical (unpaired) electrons. The van der Waals surface area contributed by atoms with Crippen molar-refractivity contribution in [3.8, 4) is 17.1 Å². The van der Waals surface area contributed by atoms with Crippen molar-refractivity contribution >= 4 is 11.6 Å². The Morgan fingerprint density at radius 2 is 1.97 bits per heavy atom. The Bertz CT molecular complexity index is 1170. The van der Waals surface area contributed by atoms with E-state index in [0.717, 1.165) is 11.3 Å².